The molecule has 0 N–H and O–H groups in total. The third kappa shape index (κ3) is 5.93. The number of ether oxygens (including phenoxy) is 1. The highest BCUT2D eigenvalue weighted by Crippen LogP contribution is 2.25. The summed E-state index contributed by atoms with van der Waals surface area (Å²) in [6.45, 7) is 5.52. The lowest BCUT2D eigenvalue weighted by atomic mass is 10.1. The second-order valence-corrected chi connectivity index (χ2v) is 10.7. The molecule has 1 fully saturated rings. The van der Waals surface area contributed by atoms with E-state index in [-0.39, 0.29) is 17.8 Å². The van der Waals surface area contributed by atoms with Gasteiger partial charge in [0.15, 0.2) is 0 Å². The molecule has 33 heavy (non-hydrogen) atoms. The van der Waals surface area contributed by atoms with E-state index < -0.39 is 10.0 Å². The van der Waals surface area contributed by atoms with Crippen LogP contribution in [0.2, 0.25) is 0 Å². The average molecular weight is 469 g/mol. The van der Waals surface area contributed by atoms with Gasteiger partial charge in [0.05, 0.1) is 24.0 Å². The number of piperidine rings is 1. The van der Waals surface area contributed by atoms with Gasteiger partial charge in [-0.15, -0.1) is 0 Å². The van der Waals surface area contributed by atoms with Crippen molar-refractivity contribution in [2.24, 2.45) is 0 Å². The van der Waals surface area contributed by atoms with Crippen LogP contribution < -0.4 is 0 Å². The van der Waals surface area contributed by atoms with Crippen LogP contribution in [0, 0.1) is 6.92 Å². The molecule has 1 saturated heterocycles. The van der Waals surface area contributed by atoms with Gasteiger partial charge in [-0.3, -0.25) is 4.98 Å². The molecule has 0 aliphatic carbocycles. The summed E-state index contributed by atoms with van der Waals surface area (Å²) in [5, 5.41) is 1.10. The van der Waals surface area contributed by atoms with Crippen molar-refractivity contribution in [3.63, 3.8) is 0 Å². The Morgan fingerprint density at radius 1 is 1.12 bits per heavy atom. The molecule has 0 saturated carbocycles. The van der Waals surface area contributed by atoms with Crippen LogP contribution in [-0.2, 0) is 21.4 Å². The maximum absolute atomic E-state index is 13.1. The first kappa shape index (κ1) is 23.7. The van der Waals surface area contributed by atoms with Crippen LogP contribution in [0.5, 0.6) is 0 Å². The third-order valence-corrected chi connectivity index (χ3v) is 8.17. The molecule has 176 valence electrons. The molecule has 0 radical (unpaired) electrons. The Labute approximate surface area is 196 Å². The molecule has 2 aromatic heterocycles. The van der Waals surface area contributed by atoms with E-state index >= 15 is 0 Å². The van der Waals surface area contributed by atoms with Gasteiger partial charge in [0, 0.05) is 42.5 Å². The molecule has 0 unspecified atom stereocenters. The minimum absolute atomic E-state index is 0.0487. The van der Waals surface area contributed by atoms with Crippen molar-refractivity contribution >= 4 is 20.9 Å². The van der Waals surface area contributed by atoms with Gasteiger partial charge in [0.25, 0.3) is 0 Å². The zero-order chi connectivity index (χ0) is 23.3. The van der Waals surface area contributed by atoms with E-state index in [9.17, 15) is 8.42 Å². The van der Waals surface area contributed by atoms with Crippen molar-refractivity contribution in [2.75, 3.05) is 18.8 Å². The normalized spacial score (nSPS) is 16.8. The summed E-state index contributed by atoms with van der Waals surface area (Å²) in [7, 11) is -3.39. The number of aryl methyl sites for hydroxylation is 1. The van der Waals surface area contributed by atoms with E-state index in [0.717, 1.165) is 35.0 Å². The minimum Gasteiger partial charge on any atom is -0.373 e. The Balaban J connectivity index is 1.35. The summed E-state index contributed by atoms with van der Waals surface area (Å²) in [5.74, 6) is 0.484. The maximum Gasteiger partial charge on any atom is 0.214 e. The van der Waals surface area contributed by atoms with Crippen molar-refractivity contribution < 1.29 is 13.2 Å². The second-order valence-electron chi connectivity index (χ2n) is 8.72. The minimum atomic E-state index is -3.39. The van der Waals surface area contributed by atoms with Crippen molar-refractivity contribution in [2.45, 2.75) is 58.2 Å². The molecular formula is C25H32N4O3S. The molecule has 1 aromatic carbocycles. The number of hydrogen-bond acceptors (Lipinski definition) is 6. The molecule has 3 aromatic rings. The van der Waals surface area contributed by atoms with Crippen LogP contribution in [0.4, 0.5) is 0 Å². The summed E-state index contributed by atoms with van der Waals surface area (Å²) >= 11 is 0. The van der Waals surface area contributed by atoms with Gasteiger partial charge >= 0.3 is 0 Å². The fourth-order valence-electron chi connectivity index (χ4n) is 4.52. The number of benzene rings is 1. The molecule has 1 aliphatic heterocycles. The first-order chi connectivity index (χ1) is 16.0. The highest BCUT2D eigenvalue weighted by molar-refractivity contribution is 7.89. The summed E-state index contributed by atoms with van der Waals surface area (Å²) in [6.07, 6.45) is 6.43. The maximum atomic E-state index is 13.1. The highest BCUT2D eigenvalue weighted by atomic mass is 32.2. The molecule has 7 nitrogen and oxygen atoms in total. The first-order valence-corrected chi connectivity index (χ1v) is 13.3. The summed E-state index contributed by atoms with van der Waals surface area (Å²) in [4.78, 5) is 13.2. The first-order valence-electron chi connectivity index (χ1n) is 11.7. The topological polar surface area (TPSA) is 85.3 Å². The molecule has 3 heterocycles. The monoisotopic (exact) mass is 468 g/mol. The largest absolute Gasteiger partial charge is 0.373 e. The summed E-state index contributed by atoms with van der Waals surface area (Å²) in [5.41, 5.74) is 3.07. The zero-order valence-corrected chi connectivity index (χ0v) is 20.2. The lowest BCUT2D eigenvalue weighted by molar-refractivity contribution is 0.0107. The van der Waals surface area contributed by atoms with Crippen molar-refractivity contribution in [3.8, 4) is 0 Å². The van der Waals surface area contributed by atoms with Crippen LogP contribution in [0.1, 0.15) is 55.6 Å². The number of pyridine rings is 1. The van der Waals surface area contributed by atoms with E-state index in [4.69, 9.17) is 4.74 Å². The summed E-state index contributed by atoms with van der Waals surface area (Å²) in [6, 6.07) is 11.9. The van der Waals surface area contributed by atoms with E-state index in [1.165, 1.54) is 0 Å². The number of fused-ring (bicyclic) bond motifs is 1. The van der Waals surface area contributed by atoms with Crippen molar-refractivity contribution in [3.05, 3.63) is 65.9 Å². The Hall–Kier alpha value is -2.42. The Morgan fingerprint density at radius 3 is 2.58 bits per heavy atom. The number of para-hydroxylation sites is 1. The molecule has 0 amide bonds. The van der Waals surface area contributed by atoms with Crippen molar-refractivity contribution in [1.29, 1.82) is 0 Å². The molecule has 0 spiro atoms. The van der Waals surface area contributed by atoms with Crippen molar-refractivity contribution in [1.82, 2.24) is 19.3 Å². The van der Waals surface area contributed by atoms with E-state index in [1.54, 1.807) is 22.8 Å². The van der Waals surface area contributed by atoms with Crippen LogP contribution in [0.3, 0.4) is 0 Å². The van der Waals surface area contributed by atoms with Gasteiger partial charge in [-0.25, -0.2) is 22.7 Å². The predicted molar refractivity (Wildman–Crippen MR) is 129 cm³/mol. The van der Waals surface area contributed by atoms with Crippen LogP contribution in [0.15, 0.2) is 48.8 Å². The smallest absolute Gasteiger partial charge is 0.214 e. The number of sulfonamides is 1. The summed E-state index contributed by atoms with van der Waals surface area (Å²) < 4.78 is 34.1. The fourth-order valence-corrected chi connectivity index (χ4v) is 6.32. The number of aromatic nitrogens is 3. The quantitative estimate of drug-likeness (QED) is 0.467. The lowest BCUT2D eigenvalue weighted by Crippen LogP contribution is -2.42. The lowest BCUT2D eigenvalue weighted by Gasteiger charge is -2.32. The van der Waals surface area contributed by atoms with Gasteiger partial charge in [0.1, 0.15) is 5.82 Å². The number of rotatable bonds is 9. The highest BCUT2D eigenvalue weighted by Gasteiger charge is 2.31. The molecular weight excluding hydrogens is 436 g/mol. The number of nitrogens with zero attached hydrogens (tertiary/aromatic N) is 4. The van der Waals surface area contributed by atoms with E-state index in [2.05, 4.69) is 34.0 Å². The fraction of sp³-hybridized carbons (Fsp3) is 0.480. The van der Waals surface area contributed by atoms with E-state index in [1.807, 2.05) is 25.1 Å². The zero-order valence-electron chi connectivity index (χ0n) is 19.4. The van der Waals surface area contributed by atoms with E-state index in [0.29, 0.717) is 38.4 Å². The van der Waals surface area contributed by atoms with Crippen LogP contribution in [0.25, 0.3) is 10.9 Å². The SMILES string of the molecule is CCC[C@H](CS(=O)(=O)N1CCC(OCc2cc(C)nc3ccccc23)CC1)c1ncccn1. The molecule has 1 atom stereocenters. The van der Waals surface area contributed by atoms with Gasteiger partial charge in [-0.05, 0) is 49.9 Å². The third-order valence-electron chi connectivity index (χ3n) is 6.20. The van der Waals surface area contributed by atoms with Gasteiger partial charge < -0.3 is 4.74 Å². The Kier molecular flexibility index (Phi) is 7.67. The molecule has 1 aliphatic rings. The van der Waals surface area contributed by atoms with Gasteiger partial charge in [-0.2, -0.15) is 0 Å². The van der Waals surface area contributed by atoms with Crippen LogP contribution in [-0.4, -0.2) is 52.6 Å². The average Bonchev–Trinajstić information content (AvgIpc) is 2.83. The second kappa shape index (κ2) is 10.7. The molecule has 0 bridgehead atoms. The molecule has 4 rings (SSSR count). The molecule has 8 heteroatoms. The Bertz CT molecular complexity index is 1160. The van der Waals surface area contributed by atoms with Crippen LogP contribution >= 0.6 is 0 Å². The Morgan fingerprint density at radius 2 is 1.85 bits per heavy atom. The van der Waals surface area contributed by atoms with Gasteiger partial charge in [-0.1, -0.05) is 31.5 Å². The number of hydrogen-bond donors (Lipinski definition) is 0. The van der Waals surface area contributed by atoms with Gasteiger partial charge in [0.2, 0.25) is 10.0 Å². The standard InChI is InChI=1S/C25H32N4O3S/c1-3-7-20(25-26-12-6-13-27-25)18-33(30,31)29-14-10-22(11-15-29)32-17-21-16-19(2)28-24-9-5-4-8-23(21)24/h4-6,8-9,12-13,16,20,22H,3,7,10-11,14-15,17-18H2,1-2H3/t20-/m1/s1. The predicted octanol–water partition coefficient (Wildman–Crippen LogP) is 4.23.